The third kappa shape index (κ3) is 10.9. The van der Waals surface area contributed by atoms with Crippen molar-refractivity contribution in [1.82, 2.24) is 4.74 Å². The Balaban J connectivity index is 1.10. The highest BCUT2D eigenvalue weighted by Crippen LogP contribution is 2.45. The number of rotatable bonds is 15. The Labute approximate surface area is 404 Å². The van der Waals surface area contributed by atoms with Gasteiger partial charge in [-0.1, -0.05) is 81.3 Å². The zero-order chi connectivity index (χ0) is 49.8. The molecular formula is C49H43ClN8O9S2. The molecule has 352 valence electrons. The fourth-order valence-corrected chi connectivity index (χ4v) is 9.01. The number of aryl methyl sites for hydroxylation is 2. The number of sulfonamides is 1. The van der Waals surface area contributed by atoms with Crippen LogP contribution < -0.4 is 29.2 Å². The molecule has 1 unspecified atom stereocenters. The number of aromatic hydroxyl groups is 1. The fraction of sp³-hybridized carbons (Fsp3) is 0.184. The van der Waals surface area contributed by atoms with Crippen LogP contribution >= 0.6 is 11.6 Å². The number of hydrogen-bond acceptors (Lipinski definition) is 11. The average Bonchev–Trinajstić information content (AvgIpc) is 3.64. The summed E-state index contributed by atoms with van der Waals surface area (Å²) in [4.78, 5) is 32.5. The van der Waals surface area contributed by atoms with Gasteiger partial charge >= 0.3 is 11.3 Å². The van der Waals surface area contributed by atoms with Crippen LogP contribution in [0.1, 0.15) is 56.6 Å². The van der Waals surface area contributed by atoms with Crippen molar-refractivity contribution in [3.63, 3.8) is 0 Å². The molecule has 20 heteroatoms. The molecule has 0 aliphatic heterocycles. The summed E-state index contributed by atoms with van der Waals surface area (Å²) in [5.41, 5.74) is 2.26. The maximum atomic E-state index is 14.0. The first-order valence-electron chi connectivity index (χ1n) is 20.9. The molecule has 1 heterocycles. The second-order valence-corrected chi connectivity index (χ2v) is 19.4. The third-order valence-corrected chi connectivity index (χ3v) is 12.8. The Hall–Kier alpha value is -7.97. The summed E-state index contributed by atoms with van der Waals surface area (Å²) in [6.07, 6.45) is 0.0814. The Bertz CT molecular complexity index is 3500. The van der Waals surface area contributed by atoms with E-state index in [4.69, 9.17) is 38.2 Å². The largest absolute Gasteiger partial charge is 0.505 e. The summed E-state index contributed by atoms with van der Waals surface area (Å²) in [7, 11) is -4.45. The smallest absolute Gasteiger partial charge is 0.316 e. The predicted molar refractivity (Wildman–Crippen MR) is 266 cm³/mol. The molecule has 1 atom stereocenters. The van der Waals surface area contributed by atoms with Gasteiger partial charge in [0.1, 0.15) is 23.9 Å². The molecule has 0 aliphatic rings. The molecule has 17 nitrogen and oxygen atoms in total. The van der Waals surface area contributed by atoms with E-state index in [1.165, 1.54) is 59.3 Å². The summed E-state index contributed by atoms with van der Waals surface area (Å²) >= 11 is 4.13. The minimum absolute atomic E-state index is 0.0113. The third-order valence-electron chi connectivity index (χ3n) is 10.4. The number of phenolic OH excluding ortho intramolecular Hbond substituents is 1. The molecule has 0 fully saturated rings. The number of anilines is 3. The maximum absolute atomic E-state index is 14.0. The van der Waals surface area contributed by atoms with Crippen molar-refractivity contribution in [2.45, 2.75) is 64.9 Å². The molecule has 6 aromatic carbocycles. The molecule has 4 N–H and O–H groups in total. The van der Waals surface area contributed by atoms with Crippen LogP contribution in [0.3, 0.4) is 0 Å². The Morgan fingerprint density at radius 2 is 1.59 bits per heavy atom. The van der Waals surface area contributed by atoms with E-state index in [-0.39, 0.29) is 84.9 Å². The van der Waals surface area contributed by atoms with Crippen LogP contribution in [-0.2, 0) is 38.1 Å². The molecule has 0 aliphatic carbocycles. The zero-order valence-corrected chi connectivity index (χ0v) is 40.3. The van der Waals surface area contributed by atoms with Crippen molar-refractivity contribution in [3.8, 4) is 22.9 Å². The quantitative estimate of drug-likeness (QED) is 0.0436. The number of phenols is 1. The van der Waals surface area contributed by atoms with Crippen LogP contribution in [0, 0.1) is 27.0 Å². The van der Waals surface area contributed by atoms with E-state index >= 15 is 0 Å². The minimum Gasteiger partial charge on any atom is -0.505 e. The van der Waals surface area contributed by atoms with Gasteiger partial charge in [-0.25, -0.2) is 8.42 Å². The van der Waals surface area contributed by atoms with Gasteiger partial charge in [0.05, 0.1) is 62.8 Å². The first-order valence-corrected chi connectivity index (χ1v) is 23.9. The number of amides is 1. The molecule has 1 aromatic heterocycles. The highest BCUT2D eigenvalue weighted by Gasteiger charge is 2.29. The van der Waals surface area contributed by atoms with Crippen LogP contribution in [0.25, 0.3) is 26.1 Å². The molecule has 1 amide bonds. The number of nitrogens with one attached hydrogen (secondary N) is 3. The van der Waals surface area contributed by atoms with Gasteiger partial charge in [0.15, 0.2) is 17.1 Å². The minimum atomic E-state index is -4.45. The van der Waals surface area contributed by atoms with Gasteiger partial charge in [0.2, 0.25) is 5.91 Å². The normalized spacial score (nSPS) is 12.0. The second-order valence-electron chi connectivity index (χ2n) is 16.5. The molecule has 0 saturated carbocycles. The average molecular weight is 988 g/mol. The number of aromatic nitrogens is 1. The van der Waals surface area contributed by atoms with Crippen LogP contribution in [0.5, 0.6) is 17.2 Å². The predicted octanol–water partition coefficient (Wildman–Crippen LogP) is 12.2. The number of nitrogens with zero attached hydrogens (tertiary/aromatic N) is 5. The van der Waals surface area contributed by atoms with Crippen LogP contribution in [0.2, 0.25) is 5.02 Å². The van der Waals surface area contributed by atoms with E-state index in [2.05, 4.69) is 34.7 Å². The fourth-order valence-electron chi connectivity index (χ4n) is 7.07. The second kappa shape index (κ2) is 20.1. The van der Waals surface area contributed by atoms with Crippen molar-refractivity contribution in [2.75, 3.05) is 14.8 Å². The summed E-state index contributed by atoms with van der Waals surface area (Å²) in [5.74, 6) is -0.0719. The number of halogens is 1. The summed E-state index contributed by atoms with van der Waals surface area (Å²) in [5, 5.41) is 22.6. The number of carbonyl (C=O) groups is 1. The summed E-state index contributed by atoms with van der Waals surface area (Å²) < 4.78 is 65.7. The van der Waals surface area contributed by atoms with E-state index in [0.29, 0.717) is 28.4 Å². The van der Waals surface area contributed by atoms with Crippen molar-refractivity contribution >= 4 is 89.4 Å². The van der Waals surface area contributed by atoms with Gasteiger partial charge in [0, 0.05) is 34.7 Å². The van der Waals surface area contributed by atoms with Crippen molar-refractivity contribution < 1.29 is 36.0 Å². The first kappa shape index (κ1) is 48.9. The standard InChI is InChI=1S/C49H43ClN8O9S2/c1-9-44(59)53-42-26-41(55-54-38-25-40(52-8)39(51-7)24-36(38)50)45-34(46(42)60)17-12-18-37(45)57-69(63,64)33-16-11-15-32(23-33)67-68(62)56-30-13-10-14-31(22-30)65-27-35-47(49(4,5)6)66-58(48(35)61)43-20-19-28(2)21-29(43)3/h10-26,56-57,60H,9,27H2,1-6H3,(H,53,59). The van der Waals surface area contributed by atoms with E-state index in [1.54, 1.807) is 31.2 Å². The van der Waals surface area contributed by atoms with Gasteiger partial charge in [-0.15, -0.1) is 9.85 Å². The van der Waals surface area contributed by atoms with Gasteiger partial charge in [-0.2, -0.15) is 9.32 Å². The number of hydrogen-bond donors (Lipinski definition) is 4. The number of benzene rings is 6. The summed E-state index contributed by atoms with van der Waals surface area (Å²) in [6.45, 7) is 26.0. The van der Waals surface area contributed by atoms with Crippen molar-refractivity contribution in [2.24, 2.45) is 10.2 Å². The first-order chi connectivity index (χ1) is 32.8. The molecule has 7 rings (SSSR count). The van der Waals surface area contributed by atoms with Crippen LogP contribution in [0.4, 0.5) is 39.8 Å². The summed E-state index contributed by atoms with van der Waals surface area (Å²) in [6, 6.07) is 25.7. The van der Waals surface area contributed by atoms with E-state index in [1.807, 2.05) is 52.8 Å². The lowest BCUT2D eigenvalue weighted by Gasteiger charge is -2.16. The van der Waals surface area contributed by atoms with Crippen molar-refractivity contribution in [3.05, 3.63) is 164 Å². The number of fused-ring (bicyclic) bond motifs is 1. The highest BCUT2D eigenvalue weighted by molar-refractivity contribution is 7.92. The Kier molecular flexibility index (Phi) is 14.3. The maximum Gasteiger partial charge on any atom is 0.316 e. The van der Waals surface area contributed by atoms with Gasteiger partial charge in [0.25, 0.3) is 15.6 Å². The number of azo groups is 1. The monoisotopic (exact) mass is 986 g/mol. The van der Waals surface area contributed by atoms with Crippen LogP contribution in [0.15, 0.2) is 128 Å². The molecule has 0 radical (unpaired) electrons. The van der Waals surface area contributed by atoms with Gasteiger partial charge in [-0.05, 0) is 74.0 Å². The topological polar surface area (TPSA) is 212 Å². The SMILES string of the molecule is [C-]#[N+]c1cc(Cl)c(N=Nc2cc(NC(=O)CC)c(O)c3cccc(NS(=O)(=O)c4cccc(OS(=O)Nc5cccc(OCc6c(C(C)(C)C)on(-c7ccc(C)cc7C)c6=O)c5)c4)c23)cc1[N+]#[C-]. The zero-order valence-electron chi connectivity index (χ0n) is 37.9. The highest BCUT2D eigenvalue weighted by atomic mass is 35.5. The molecule has 0 bridgehead atoms. The number of carbonyl (C=O) groups excluding carboxylic acids is 1. The van der Waals surface area contributed by atoms with Crippen LogP contribution in [-0.4, -0.2) is 28.4 Å². The van der Waals surface area contributed by atoms with E-state index in [9.17, 15) is 27.3 Å². The molecule has 0 spiro atoms. The van der Waals surface area contributed by atoms with Gasteiger partial charge in [-0.3, -0.25) is 28.7 Å². The Morgan fingerprint density at radius 3 is 2.30 bits per heavy atom. The Morgan fingerprint density at radius 1 is 0.899 bits per heavy atom. The number of ether oxygens (including phenoxy) is 1. The lowest BCUT2D eigenvalue weighted by molar-refractivity contribution is -0.115. The van der Waals surface area contributed by atoms with Crippen molar-refractivity contribution in [1.29, 1.82) is 0 Å². The molecule has 0 saturated heterocycles. The molecule has 69 heavy (non-hydrogen) atoms. The lowest BCUT2D eigenvalue weighted by Crippen LogP contribution is -2.20. The van der Waals surface area contributed by atoms with Gasteiger partial charge < -0.3 is 23.9 Å². The molecular weight excluding hydrogens is 944 g/mol. The van der Waals surface area contributed by atoms with E-state index in [0.717, 1.165) is 17.2 Å². The lowest BCUT2D eigenvalue weighted by atomic mass is 9.91. The molecule has 7 aromatic rings. The van der Waals surface area contributed by atoms with E-state index < -0.39 is 32.6 Å².